The van der Waals surface area contributed by atoms with Gasteiger partial charge in [-0.2, -0.15) is 0 Å². The molecule has 0 bridgehead atoms. The Hall–Kier alpha value is -1.00. The van der Waals surface area contributed by atoms with E-state index in [-0.39, 0.29) is 0 Å². The van der Waals surface area contributed by atoms with Crippen LogP contribution < -0.4 is 0 Å². The fourth-order valence-electron chi connectivity index (χ4n) is 1.82. The lowest BCUT2D eigenvalue weighted by Gasteiger charge is -2.07. The van der Waals surface area contributed by atoms with Gasteiger partial charge in [0.1, 0.15) is 10.5 Å². The summed E-state index contributed by atoms with van der Waals surface area (Å²) < 4.78 is 1.49. The van der Waals surface area contributed by atoms with Crippen molar-refractivity contribution in [3.05, 3.63) is 55.5 Å². The molecule has 0 saturated heterocycles. The minimum Gasteiger partial charge on any atom is -0.346 e. The number of aromatic nitrogens is 2. The van der Waals surface area contributed by atoms with Gasteiger partial charge in [-0.25, -0.2) is 4.98 Å². The molecule has 18 heavy (non-hydrogen) atoms. The first-order valence-electron chi connectivity index (χ1n) is 5.79. The summed E-state index contributed by atoms with van der Waals surface area (Å²) in [5.74, 6) is 0.906. The van der Waals surface area contributed by atoms with Gasteiger partial charge in [0.15, 0.2) is 0 Å². The maximum Gasteiger partial charge on any atom is 0.144 e. The van der Waals surface area contributed by atoms with E-state index in [1.54, 1.807) is 0 Å². The third-order valence-electron chi connectivity index (χ3n) is 3.03. The minimum atomic E-state index is 0.616. The summed E-state index contributed by atoms with van der Waals surface area (Å²) in [6.45, 7) is 6.24. The second-order valence-corrected chi connectivity index (χ2v) is 5.70. The van der Waals surface area contributed by atoms with Crippen LogP contribution in [-0.4, -0.2) is 9.97 Å². The number of halogens is 1. The van der Waals surface area contributed by atoms with Crippen LogP contribution in [-0.2, 0) is 6.42 Å². The largest absolute Gasteiger partial charge is 0.346 e. The summed E-state index contributed by atoms with van der Waals surface area (Å²) in [5.41, 5.74) is 4.89. The Morgan fingerprint density at radius 2 is 1.94 bits per heavy atom. The molecule has 0 radical (unpaired) electrons. The Bertz CT molecular complexity index is 647. The lowest BCUT2D eigenvalue weighted by molar-refractivity contribution is 0.924. The quantitative estimate of drug-likeness (QED) is 0.829. The lowest BCUT2D eigenvalue weighted by Crippen LogP contribution is -2.00. The molecule has 94 valence electrons. The third kappa shape index (κ3) is 2.87. The van der Waals surface area contributed by atoms with Crippen molar-refractivity contribution in [2.45, 2.75) is 27.2 Å². The van der Waals surface area contributed by atoms with E-state index in [2.05, 4.69) is 57.9 Å². The monoisotopic (exact) mass is 322 g/mol. The molecule has 0 unspecified atom stereocenters. The number of H-pyrrole nitrogens is 1. The van der Waals surface area contributed by atoms with Crippen LogP contribution in [0.25, 0.3) is 0 Å². The zero-order valence-corrected chi connectivity index (χ0v) is 13.1. The number of aryl methyl sites for hydroxylation is 3. The summed E-state index contributed by atoms with van der Waals surface area (Å²) in [5, 5.41) is 0. The Labute approximate surface area is 121 Å². The van der Waals surface area contributed by atoms with Gasteiger partial charge < -0.3 is 4.98 Å². The van der Waals surface area contributed by atoms with Crippen LogP contribution in [0.2, 0.25) is 0 Å². The van der Waals surface area contributed by atoms with Gasteiger partial charge in [-0.3, -0.25) is 0 Å². The van der Waals surface area contributed by atoms with Crippen LogP contribution in [0.1, 0.15) is 28.2 Å². The molecule has 0 aliphatic heterocycles. The van der Waals surface area contributed by atoms with Crippen molar-refractivity contribution < 1.29 is 0 Å². The van der Waals surface area contributed by atoms with Crippen molar-refractivity contribution in [3.8, 4) is 0 Å². The summed E-state index contributed by atoms with van der Waals surface area (Å²) in [4.78, 5) is 7.67. The zero-order chi connectivity index (χ0) is 13.3. The van der Waals surface area contributed by atoms with E-state index in [9.17, 15) is 0 Å². The van der Waals surface area contributed by atoms with E-state index in [1.807, 2.05) is 6.92 Å². The van der Waals surface area contributed by atoms with Crippen molar-refractivity contribution in [1.82, 2.24) is 9.97 Å². The fourth-order valence-corrected chi connectivity index (χ4v) is 2.27. The number of aromatic amines is 1. The van der Waals surface area contributed by atoms with Crippen LogP contribution in [0.4, 0.5) is 0 Å². The molecule has 2 rings (SSSR count). The smallest absolute Gasteiger partial charge is 0.144 e. The predicted molar refractivity (Wildman–Crippen MR) is 80.6 cm³/mol. The fraction of sp³-hybridized carbons (Fsp3) is 0.286. The Morgan fingerprint density at radius 3 is 2.56 bits per heavy atom. The van der Waals surface area contributed by atoms with E-state index in [4.69, 9.17) is 12.2 Å². The highest BCUT2D eigenvalue weighted by atomic mass is 79.9. The van der Waals surface area contributed by atoms with Crippen LogP contribution in [0.5, 0.6) is 0 Å². The maximum atomic E-state index is 5.21. The van der Waals surface area contributed by atoms with Gasteiger partial charge in [0, 0.05) is 12.1 Å². The van der Waals surface area contributed by atoms with Gasteiger partial charge >= 0.3 is 0 Å². The van der Waals surface area contributed by atoms with Crippen LogP contribution in [0.3, 0.4) is 0 Å². The molecule has 0 spiro atoms. The predicted octanol–water partition coefficient (Wildman–Crippen LogP) is 4.42. The van der Waals surface area contributed by atoms with Gasteiger partial charge in [0.05, 0.1) is 4.47 Å². The van der Waals surface area contributed by atoms with E-state index >= 15 is 0 Å². The lowest BCUT2D eigenvalue weighted by atomic mass is 10.0. The minimum absolute atomic E-state index is 0.616. The van der Waals surface area contributed by atoms with E-state index in [1.165, 1.54) is 16.7 Å². The van der Waals surface area contributed by atoms with Gasteiger partial charge in [-0.05, 0) is 53.4 Å². The van der Waals surface area contributed by atoms with Crippen molar-refractivity contribution in [1.29, 1.82) is 0 Å². The molecule has 0 saturated carbocycles. The number of benzene rings is 1. The first-order valence-corrected chi connectivity index (χ1v) is 6.99. The Balaban J connectivity index is 2.34. The van der Waals surface area contributed by atoms with Gasteiger partial charge in [0.2, 0.25) is 0 Å². The molecule has 1 heterocycles. The van der Waals surface area contributed by atoms with Gasteiger partial charge in [-0.15, -0.1) is 0 Å². The van der Waals surface area contributed by atoms with Crippen molar-refractivity contribution in [3.63, 3.8) is 0 Å². The van der Waals surface area contributed by atoms with E-state index in [0.717, 1.165) is 22.4 Å². The molecule has 4 heteroatoms. The molecule has 1 aromatic heterocycles. The molecule has 0 aliphatic rings. The Kier molecular flexibility index (Phi) is 3.97. The average Bonchev–Trinajstić information content (AvgIpc) is 2.31. The molecular weight excluding hydrogens is 308 g/mol. The van der Waals surface area contributed by atoms with Crippen molar-refractivity contribution in [2.24, 2.45) is 0 Å². The molecule has 1 aromatic carbocycles. The first-order chi connectivity index (χ1) is 8.47. The summed E-state index contributed by atoms with van der Waals surface area (Å²) in [6, 6.07) is 6.48. The first kappa shape index (κ1) is 13.4. The van der Waals surface area contributed by atoms with Crippen LogP contribution >= 0.6 is 28.1 Å². The molecule has 1 N–H and O–H groups in total. The standard InChI is InChI=1S/C14H15BrN2S/c1-8-4-5-11(6-9(8)2)7-12-16-10(3)13(15)14(18)17-12/h4-6H,7H2,1-3H3,(H,16,17,18). The maximum absolute atomic E-state index is 5.21. The summed E-state index contributed by atoms with van der Waals surface area (Å²) in [6.07, 6.45) is 0.777. The SMILES string of the molecule is Cc1ccc(Cc2nc(=S)c(Br)c(C)[nH]2)cc1C. The number of nitrogens with zero attached hydrogens (tertiary/aromatic N) is 1. The number of hydrogen-bond donors (Lipinski definition) is 1. The van der Waals surface area contributed by atoms with Crippen molar-refractivity contribution in [2.75, 3.05) is 0 Å². The van der Waals surface area contributed by atoms with Crippen LogP contribution in [0, 0.1) is 25.4 Å². The Morgan fingerprint density at radius 1 is 1.22 bits per heavy atom. The molecule has 0 aliphatic carbocycles. The molecule has 2 aromatic rings. The number of rotatable bonds is 2. The van der Waals surface area contributed by atoms with Gasteiger partial charge in [-0.1, -0.05) is 30.4 Å². The van der Waals surface area contributed by atoms with E-state index in [0.29, 0.717) is 4.64 Å². The topological polar surface area (TPSA) is 28.7 Å². The third-order valence-corrected chi connectivity index (χ3v) is 4.56. The van der Waals surface area contributed by atoms with Crippen molar-refractivity contribution >= 4 is 28.1 Å². The molecule has 2 nitrogen and oxygen atoms in total. The summed E-state index contributed by atoms with van der Waals surface area (Å²) in [7, 11) is 0. The molecular formula is C14H15BrN2S. The number of hydrogen-bond acceptors (Lipinski definition) is 2. The van der Waals surface area contributed by atoms with E-state index < -0.39 is 0 Å². The van der Waals surface area contributed by atoms with Crippen LogP contribution in [0.15, 0.2) is 22.7 Å². The highest BCUT2D eigenvalue weighted by Crippen LogP contribution is 2.17. The second-order valence-electron chi connectivity index (χ2n) is 4.52. The highest BCUT2D eigenvalue weighted by Gasteiger charge is 2.04. The summed E-state index contributed by atoms with van der Waals surface area (Å²) >= 11 is 8.63. The number of nitrogens with one attached hydrogen (secondary N) is 1. The van der Waals surface area contributed by atoms with Gasteiger partial charge in [0.25, 0.3) is 0 Å². The molecule has 0 fully saturated rings. The molecule has 0 amide bonds. The average molecular weight is 323 g/mol. The zero-order valence-electron chi connectivity index (χ0n) is 10.7. The molecule has 0 atom stereocenters. The normalized spacial score (nSPS) is 10.7. The second kappa shape index (κ2) is 5.33. The highest BCUT2D eigenvalue weighted by molar-refractivity contribution is 9.10.